The molecule has 8 heteroatoms. The van der Waals surface area contributed by atoms with E-state index in [2.05, 4.69) is 15.3 Å². The molecule has 0 radical (unpaired) electrons. The lowest BCUT2D eigenvalue weighted by atomic mass is 10.1. The second-order valence-corrected chi connectivity index (χ2v) is 6.44. The van der Waals surface area contributed by atoms with Crippen LogP contribution in [0.1, 0.15) is 35.4 Å². The molecule has 2 aromatic rings. The Bertz CT molecular complexity index is 735. The summed E-state index contributed by atoms with van der Waals surface area (Å²) < 4.78 is 13.2. The van der Waals surface area contributed by atoms with Crippen molar-refractivity contribution in [3.63, 3.8) is 0 Å². The molecule has 0 spiro atoms. The fraction of sp³-hybridized carbons (Fsp3) is 0.529. The molecule has 132 valence electrons. The molecule has 8 nitrogen and oxygen atoms in total. The van der Waals surface area contributed by atoms with E-state index in [0.717, 1.165) is 31.5 Å². The van der Waals surface area contributed by atoms with Gasteiger partial charge in [-0.15, -0.1) is 5.10 Å². The van der Waals surface area contributed by atoms with E-state index in [0.29, 0.717) is 37.2 Å². The number of fused-ring (bicyclic) bond motifs is 1. The SMILES string of the molecule is Cc1ccc(OC2CCCN(C(=O)c3cc4n(n3)CCCO4)C2)nn1. The fourth-order valence-corrected chi connectivity index (χ4v) is 3.17. The highest BCUT2D eigenvalue weighted by molar-refractivity contribution is 5.92. The van der Waals surface area contributed by atoms with E-state index in [-0.39, 0.29) is 12.0 Å². The fourth-order valence-electron chi connectivity index (χ4n) is 3.17. The average molecular weight is 343 g/mol. The molecule has 0 N–H and O–H groups in total. The van der Waals surface area contributed by atoms with E-state index in [4.69, 9.17) is 9.47 Å². The Morgan fingerprint density at radius 2 is 2.20 bits per heavy atom. The minimum atomic E-state index is -0.0804. The van der Waals surface area contributed by atoms with Crippen LogP contribution in [0.25, 0.3) is 0 Å². The van der Waals surface area contributed by atoms with Gasteiger partial charge in [0.25, 0.3) is 5.91 Å². The number of hydrogen-bond acceptors (Lipinski definition) is 6. The first-order valence-corrected chi connectivity index (χ1v) is 8.66. The topological polar surface area (TPSA) is 82.4 Å². The number of aromatic nitrogens is 4. The van der Waals surface area contributed by atoms with Crippen LogP contribution in [0.15, 0.2) is 18.2 Å². The van der Waals surface area contributed by atoms with Gasteiger partial charge in [0.2, 0.25) is 11.8 Å². The maximum Gasteiger partial charge on any atom is 0.274 e. The molecular weight excluding hydrogens is 322 g/mol. The number of carbonyl (C=O) groups excluding carboxylic acids is 1. The van der Waals surface area contributed by atoms with Gasteiger partial charge in [0.15, 0.2) is 5.69 Å². The largest absolute Gasteiger partial charge is 0.478 e. The van der Waals surface area contributed by atoms with E-state index in [1.54, 1.807) is 15.6 Å². The van der Waals surface area contributed by atoms with Gasteiger partial charge in [-0.05, 0) is 25.8 Å². The van der Waals surface area contributed by atoms with Crippen LogP contribution < -0.4 is 9.47 Å². The third-order valence-corrected chi connectivity index (χ3v) is 4.45. The van der Waals surface area contributed by atoms with Crippen LogP contribution in [0.4, 0.5) is 0 Å². The minimum absolute atomic E-state index is 0.0752. The first-order chi connectivity index (χ1) is 12.2. The summed E-state index contributed by atoms with van der Waals surface area (Å²) >= 11 is 0. The van der Waals surface area contributed by atoms with Crippen molar-refractivity contribution in [1.82, 2.24) is 24.9 Å². The van der Waals surface area contributed by atoms with E-state index < -0.39 is 0 Å². The highest BCUT2D eigenvalue weighted by Crippen LogP contribution is 2.22. The molecule has 0 saturated carbocycles. The molecule has 0 bridgehead atoms. The highest BCUT2D eigenvalue weighted by atomic mass is 16.5. The van der Waals surface area contributed by atoms with Crippen molar-refractivity contribution in [2.24, 2.45) is 0 Å². The average Bonchev–Trinajstić information content (AvgIpc) is 3.07. The van der Waals surface area contributed by atoms with Crippen LogP contribution in [0.2, 0.25) is 0 Å². The predicted octanol–water partition coefficient (Wildman–Crippen LogP) is 1.45. The number of amides is 1. The molecule has 2 aromatic heterocycles. The Labute approximate surface area is 145 Å². The number of piperidine rings is 1. The van der Waals surface area contributed by atoms with E-state index >= 15 is 0 Å². The standard InChI is InChI=1S/C17H21N5O3/c1-12-5-6-15(19-18-12)25-13-4-2-7-21(11-13)17(23)14-10-16-22(20-14)8-3-9-24-16/h5-6,10,13H,2-4,7-9,11H2,1H3. The molecule has 1 saturated heterocycles. The lowest BCUT2D eigenvalue weighted by molar-refractivity contribution is 0.0519. The van der Waals surface area contributed by atoms with Crippen molar-refractivity contribution in [3.8, 4) is 11.8 Å². The van der Waals surface area contributed by atoms with Gasteiger partial charge in [0, 0.05) is 31.6 Å². The Balaban J connectivity index is 1.42. The van der Waals surface area contributed by atoms with Gasteiger partial charge in [0.05, 0.1) is 18.8 Å². The number of carbonyl (C=O) groups is 1. The lowest BCUT2D eigenvalue weighted by Gasteiger charge is -2.32. The second kappa shape index (κ2) is 6.70. The number of nitrogens with zero attached hydrogens (tertiary/aromatic N) is 5. The molecule has 2 aliphatic heterocycles. The second-order valence-electron chi connectivity index (χ2n) is 6.44. The summed E-state index contributed by atoms with van der Waals surface area (Å²) in [6, 6.07) is 5.41. The smallest absolute Gasteiger partial charge is 0.274 e. The van der Waals surface area contributed by atoms with Gasteiger partial charge in [-0.25, -0.2) is 4.68 Å². The highest BCUT2D eigenvalue weighted by Gasteiger charge is 2.28. The van der Waals surface area contributed by atoms with Crippen molar-refractivity contribution in [2.75, 3.05) is 19.7 Å². The molecule has 4 rings (SSSR count). The van der Waals surface area contributed by atoms with Gasteiger partial charge in [0.1, 0.15) is 6.10 Å². The summed E-state index contributed by atoms with van der Waals surface area (Å²) in [6.45, 7) is 4.59. The molecule has 1 amide bonds. The van der Waals surface area contributed by atoms with Gasteiger partial charge < -0.3 is 14.4 Å². The van der Waals surface area contributed by atoms with Gasteiger partial charge in [-0.2, -0.15) is 10.2 Å². The van der Waals surface area contributed by atoms with Crippen molar-refractivity contribution >= 4 is 5.91 Å². The molecule has 2 aliphatic rings. The minimum Gasteiger partial charge on any atom is -0.478 e. The summed E-state index contributed by atoms with van der Waals surface area (Å²) in [4.78, 5) is 14.6. The zero-order valence-corrected chi connectivity index (χ0v) is 14.2. The number of hydrogen-bond donors (Lipinski definition) is 0. The van der Waals surface area contributed by atoms with Crippen LogP contribution in [-0.2, 0) is 6.54 Å². The molecule has 25 heavy (non-hydrogen) atoms. The monoisotopic (exact) mass is 343 g/mol. The Kier molecular flexibility index (Phi) is 4.25. The number of likely N-dealkylation sites (tertiary alicyclic amines) is 1. The summed E-state index contributed by atoms with van der Waals surface area (Å²) in [6.07, 6.45) is 2.62. The molecule has 0 aliphatic carbocycles. The van der Waals surface area contributed by atoms with Crippen LogP contribution in [0, 0.1) is 6.92 Å². The molecule has 1 fully saturated rings. The van der Waals surface area contributed by atoms with Crippen LogP contribution in [0.3, 0.4) is 0 Å². The lowest BCUT2D eigenvalue weighted by Crippen LogP contribution is -2.44. The van der Waals surface area contributed by atoms with Crippen LogP contribution >= 0.6 is 0 Å². The van der Waals surface area contributed by atoms with E-state index in [9.17, 15) is 4.79 Å². The predicted molar refractivity (Wildman–Crippen MR) is 88.7 cm³/mol. The van der Waals surface area contributed by atoms with Crippen molar-refractivity contribution < 1.29 is 14.3 Å². The van der Waals surface area contributed by atoms with Gasteiger partial charge >= 0.3 is 0 Å². The van der Waals surface area contributed by atoms with Gasteiger partial charge in [-0.3, -0.25) is 4.79 Å². The van der Waals surface area contributed by atoms with Crippen molar-refractivity contribution in [2.45, 2.75) is 38.8 Å². The summed E-state index contributed by atoms with van der Waals surface area (Å²) in [5.41, 5.74) is 1.28. The zero-order chi connectivity index (χ0) is 17.2. The molecule has 0 aromatic carbocycles. The summed E-state index contributed by atoms with van der Waals surface area (Å²) in [7, 11) is 0. The Morgan fingerprint density at radius 3 is 3.00 bits per heavy atom. The van der Waals surface area contributed by atoms with Gasteiger partial charge in [-0.1, -0.05) is 0 Å². The van der Waals surface area contributed by atoms with E-state index in [1.165, 1.54) is 0 Å². The normalized spacial score (nSPS) is 19.9. The summed E-state index contributed by atoms with van der Waals surface area (Å²) in [5.74, 6) is 1.10. The van der Waals surface area contributed by atoms with Crippen LogP contribution in [0.5, 0.6) is 11.8 Å². The third-order valence-electron chi connectivity index (χ3n) is 4.45. The van der Waals surface area contributed by atoms with Crippen molar-refractivity contribution in [3.05, 3.63) is 29.6 Å². The maximum atomic E-state index is 12.8. The first-order valence-electron chi connectivity index (χ1n) is 8.66. The molecular formula is C17H21N5O3. The molecule has 1 unspecified atom stereocenters. The van der Waals surface area contributed by atoms with Crippen molar-refractivity contribution in [1.29, 1.82) is 0 Å². The maximum absolute atomic E-state index is 12.8. The number of ether oxygens (including phenoxy) is 2. The quantitative estimate of drug-likeness (QED) is 0.839. The third kappa shape index (κ3) is 3.42. The summed E-state index contributed by atoms with van der Waals surface area (Å²) in [5, 5.41) is 12.4. The Hall–Kier alpha value is -2.64. The molecule has 4 heterocycles. The number of rotatable bonds is 3. The molecule has 1 atom stereocenters. The van der Waals surface area contributed by atoms with Crippen LogP contribution in [-0.4, -0.2) is 56.6 Å². The van der Waals surface area contributed by atoms with E-state index in [1.807, 2.05) is 19.1 Å². The first kappa shape index (κ1) is 15.9. The zero-order valence-electron chi connectivity index (χ0n) is 14.2. The number of aryl methyl sites for hydroxylation is 2. The Morgan fingerprint density at radius 1 is 1.28 bits per heavy atom.